The molecule has 1 aromatic heterocycles. The first kappa shape index (κ1) is 13.8. The molecule has 0 saturated heterocycles. The van der Waals surface area contributed by atoms with E-state index in [4.69, 9.17) is 5.11 Å². The van der Waals surface area contributed by atoms with Crippen LogP contribution >= 0.6 is 0 Å². The molecule has 5 nitrogen and oxygen atoms in total. The lowest BCUT2D eigenvalue weighted by atomic mass is 10.2. The van der Waals surface area contributed by atoms with Crippen molar-refractivity contribution in [1.82, 2.24) is 9.55 Å². The predicted octanol–water partition coefficient (Wildman–Crippen LogP) is 1.16. The number of aryl methyl sites for hydroxylation is 1. The molecule has 1 amide bonds. The third kappa shape index (κ3) is 3.22. The second-order valence-corrected chi connectivity index (χ2v) is 4.03. The summed E-state index contributed by atoms with van der Waals surface area (Å²) < 4.78 is 15.3. The normalized spacial score (nSPS) is 9.75. The molecule has 0 aliphatic rings. The lowest BCUT2D eigenvalue weighted by Gasteiger charge is -2.04. The first-order valence-electron chi connectivity index (χ1n) is 5.79. The van der Waals surface area contributed by atoms with Crippen LogP contribution in [0, 0.1) is 17.7 Å². The lowest BCUT2D eigenvalue weighted by Crippen LogP contribution is -2.12. The van der Waals surface area contributed by atoms with Crippen LogP contribution in [-0.2, 0) is 7.05 Å². The SMILES string of the molecule is Cn1cnc(C(=O)Nc2ccc(C#CCO)c(F)c2)c1. The molecule has 1 heterocycles. The zero-order valence-electron chi connectivity index (χ0n) is 10.7. The van der Waals surface area contributed by atoms with Gasteiger partial charge in [0.15, 0.2) is 0 Å². The third-order valence-electron chi connectivity index (χ3n) is 2.47. The van der Waals surface area contributed by atoms with E-state index in [0.717, 1.165) is 0 Å². The summed E-state index contributed by atoms with van der Waals surface area (Å²) in [5, 5.41) is 11.1. The van der Waals surface area contributed by atoms with E-state index in [0.29, 0.717) is 5.69 Å². The van der Waals surface area contributed by atoms with Gasteiger partial charge >= 0.3 is 0 Å². The number of halogens is 1. The van der Waals surface area contributed by atoms with Crippen LogP contribution in [0.5, 0.6) is 0 Å². The summed E-state index contributed by atoms with van der Waals surface area (Å²) in [6, 6.07) is 4.14. The van der Waals surface area contributed by atoms with Crippen molar-refractivity contribution in [2.45, 2.75) is 0 Å². The number of aliphatic hydroxyl groups excluding tert-OH is 1. The zero-order chi connectivity index (χ0) is 14.5. The van der Waals surface area contributed by atoms with Crippen molar-refractivity contribution in [3.63, 3.8) is 0 Å². The van der Waals surface area contributed by atoms with Crippen molar-refractivity contribution in [2.75, 3.05) is 11.9 Å². The van der Waals surface area contributed by atoms with Gasteiger partial charge in [0.05, 0.1) is 11.9 Å². The fourth-order valence-electron chi connectivity index (χ4n) is 1.55. The number of imidazole rings is 1. The fraction of sp³-hybridized carbons (Fsp3) is 0.143. The van der Waals surface area contributed by atoms with Crippen LogP contribution < -0.4 is 5.32 Å². The Hall–Kier alpha value is -2.65. The van der Waals surface area contributed by atoms with Crippen molar-refractivity contribution in [2.24, 2.45) is 7.05 Å². The molecule has 6 heteroatoms. The number of rotatable bonds is 2. The van der Waals surface area contributed by atoms with Gasteiger partial charge in [-0.3, -0.25) is 4.79 Å². The smallest absolute Gasteiger partial charge is 0.275 e. The van der Waals surface area contributed by atoms with Crippen molar-refractivity contribution in [3.05, 3.63) is 47.8 Å². The minimum Gasteiger partial charge on any atom is -0.384 e. The van der Waals surface area contributed by atoms with Crippen molar-refractivity contribution < 1.29 is 14.3 Å². The van der Waals surface area contributed by atoms with Gasteiger partial charge in [-0.1, -0.05) is 11.8 Å². The summed E-state index contributed by atoms with van der Waals surface area (Å²) in [4.78, 5) is 15.7. The van der Waals surface area contributed by atoms with E-state index >= 15 is 0 Å². The van der Waals surface area contributed by atoms with Gasteiger partial charge in [-0.2, -0.15) is 0 Å². The number of anilines is 1. The molecular formula is C14H12FN3O2. The predicted molar refractivity (Wildman–Crippen MR) is 71.5 cm³/mol. The standard InChI is InChI=1S/C14H12FN3O2/c1-18-8-13(16-9-18)14(20)17-11-5-4-10(3-2-6-19)12(15)7-11/h4-5,7-9,19H,6H2,1H3,(H,17,20). The first-order chi connectivity index (χ1) is 9.60. The maximum Gasteiger partial charge on any atom is 0.275 e. The Morgan fingerprint density at radius 1 is 1.55 bits per heavy atom. The number of amides is 1. The number of benzene rings is 1. The number of carbonyl (C=O) groups is 1. The monoisotopic (exact) mass is 273 g/mol. The van der Waals surface area contributed by atoms with Crippen molar-refractivity contribution in [3.8, 4) is 11.8 Å². The molecule has 0 fully saturated rings. The van der Waals surface area contributed by atoms with Gasteiger partial charge in [-0.25, -0.2) is 9.37 Å². The van der Waals surface area contributed by atoms with Gasteiger partial charge in [0, 0.05) is 18.9 Å². The quantitative estimate of drug-likeness (QED) is 0.807. The van der Waals surface area contributed by atoms with Gasteiger partial charge in [0.25, 0.3) is 5.91 Å². The summed E-state index contributed by atoms with van der Waals surface area (Å²) in [6.07, 6.45) is 3.07. The van der Waals surface area contributed by atoms with Crippen LogP contribution in [0.15, 0.2) is 30.7 Å². The Kier molecular flexibility index (Phi) is 4.13. The number of hydrogen-bond donors (Lipinski definition) is 2. The highest BCUT2D eigenvalue weighted by Gasteiger charge is 2.10. The average molecular weight is 273 g/mol. The van der Waals surface area contributed by atoms with Crippen LogP contribution in [-0.4, -0.2) is 27.2 Å². The van der Waals surface area contributed by atoms with Gasteiger partial charge in [0.1, 0.15) is 18.1 Å². The molecule has 0 radical (unpaired) electrons. The van der Waals surface area contributed by atoms with E-state index in [1.807, 2.05) is 0 Å². The molecule has 2 aromatic rings. The Bertz CT molecular complexity index is 698. The first-order valence-corrected chi connectivity index (χ1v) is 5.79. The van der Waals surface area contributed by atoms with E-state index < -0.39 is 11.7 Å². The molecule has 0 aliphatic carbocycles. The van der Waals surface area contributed by atoms with Gasteiger partial charge in [0.2, 0.25) is 0 Å². The topological polar surface area (TPSA) is 67.2 Å². The van der Waals surface area contributed by atoms with E-state index in [2.05, 4.69) is 22.1 Å². The molecule has 0 bridgehead atoms. The van der Waals surface area contributed by atoms with Gasteiger partial charge < -0.3 is 15.0 Å². The molecule has 0 saturated carbocycles. The highest BCUT2D eigenvalue weighted by Crippen LogP contribution is 2.14. The molecule has 0 aliphatic heterocycles. The second kappa shape index (κ2) is 5.99. The maximum absolute atomic E-state index is 13.7. The second-order valence-electron chi connectivity index (χ2n) is 4.03. The summed E-state index contributed by atoms with van der Waals surface area (Å²) in [5.41, 5.74) is 0.722. The number of nitrogens with zero attached hydrogens (tertiary/aromatic N) is 2. The van der Waals surface area contributed by atoms with Crippen molar-refractivity contribution >= 4 is 11.6 Å². The van der Waals surface area contributed by atoms with Gasteiger partial charge in [-0.15, -0.1) is 0 Å². The lowest BCUT2D eigenvalue weighted by molar-refractivity contribution is 0.102. The molecule has 2 N–H and O–H groups in total. The zero-order valence-corrected chi connectivity index (χ0v) is 10.7. The number of carbonyl (C=O) groups excluding carboxylic acids is 1. The highest BCUT2D eigenvalue weighted by atomic mass is 19.1. The molecule has 2 rings (SSSR count). The number of hydrogen-bond acceptors (Lipinski definition) is 3. The maximum atomic E-state index is 13.7. The van der Waals surface area contributed by atoms with Crippen LogP contribution in [0.2, 0.25) is 0 Å². The molecule has 102 valence electrons. The Morgan fingerprint density at radius 3 is 2.95 bits per heavy atom. The summed E-state index contributed by atoms with van der Waals surface area (Å²) >= 11 is 0. The minimum atomic E-state index is -0.565. The van der Waals surface area contributed by atoms with Crippen LogP contribution in [0.3, 0.4) is 0 Å². The average Bonchev–Trinajstić information content (AvgIpc) is 2.85. The van der Waals surface area contributed by atoms with E-state index in [1.165, 1.54) is 24.5 Å². The Morgan fingerprint density at radius 2 is 2.35 bits per heavy atom. The van der Waals surface area contributed by atoms with E-state index in [-0.39, 0.29) is 17.9 Å². The molecular weight excluding hydrogens is 261 g/mol. The summed E-state index contributed by atoms with van der Waals surface area (Å²) in [5.74, 6) is 3.85. The van der Waals surface area contributed by atoms with E-state index in [9.17, 15) is 9.18 Å². The largest absolute Gasteiger partial charge is 0.384 e. The van der Waals surface area contributed by atoms with Crippen LogP contribution in [0.25, 0.3) is 0 Å². The highest BCUT2D eigenvalue weighted by molar-refractivity contribution is 6.02. The number of nitrogens with one attached hydrogen (secondary N) is 1. The van der Waals surface area contributed by atoms with Crippen LogP contribution in [0.1, 0.15) is 16.1 Å². The molecule has 1 aromatic carbocycles. The number of aliphatic hydroxyl groups is 1. The van der Waals surface area contributed by atoms with Crippen LogP contribution in [0.4, 0.5) is 10.1 Å². The third-order valence-corrected chi connectivity index (χ3v) is 2.47. The summed E-state index contributed by atoms with van der Waals surface area (Å²) in [6.45, 7) is -0.336. The molecule has 0 spiro atoms. The molecule has 20 heavy (non-hydrogen) atoms. The Labute approximate surface area is 115 Å². The minimum absolute atomic E-state index is 0.162. The van der Waals surface area contributed by atoms with Gasteiger partial charge in [-0.05, 0) is 18.2 Å². The molecule has 0 unspecified atom stereocenters. The summed E-state index contributed by atoms with van der Waals surface area (Å²) in [7, 11) is 1.75. The van der Waals surface area contributed by atoms with E-state index in [1.54, 1.807) is 17.8 Å². The van der Waals surface area contributed by atoms with Crippen molar-refractivity contribution in [1.29, 1.82) is 0 Å². The fourth-order valence-corrected chi connectivity index (χ4v) is 1.55. The molecule has 0 atom stereocenters. The number of aromatic nitrogens is 2. The Balaban J connectivity index is 2.14.